The molecule has 0 saturated carbocycles. The summed E-state index contributed by atoms with van der Waals surface area (Å²) in [5.41, 5.74) is 3.93. The number of fused-ring (bicyclic) bond motifs is 1. The number of carbonyl (C=O) groups excluding carboxylic acids is 1. The zero-order valence-electron chi connectivity index (χ0n) is 11.7. The maximum absolute atomic E-state index is 11.2. The number of pyridine rings is 1. The fourth-order valence-corrected chi connectivity index (χ4v) is 3.13. The van der Waals surface area contributed by atoms with Gasteiger partial charge in [0.05, 0.1) is 5.52 Å². The number of nitrogens with zero attached hydrogens (tertiary/aromatic N) is 2. The van der Waals surface area contributed by atoms with E-state index in [0.29, 0.717) is 5.69 Å². The quantitative estimate of drug-likeness (QED) is 0.671. The van der Waals surface area contributed by atoms with Gasteiger partial charge in [-0.1, -0.05) is 24.3 Å². The molecule has 1 aromatic carbocycles. The van der Waals surface area contributed by atoms with Gasteiger partial charge in [-0.25, -0.2) is 4.98 Å². The molecule has 21 heavy (non-hydrogen) atoms. The Morgan fingerprint density at radius 2 is 2.00 bits per heavy atom. The Labute approximate surface area is 131 Å². The number of aromatic nitrogens is 2. The fraction of sp³-hybridized carbons (Fsp3) is 0.176. The molecule has 2 heterocycles. The largest absolute Gasteiger partial charge is 0.302 e. The molecule has 3 aromatic rings. The number of aldehydes is 1. The maximum atomic E-state index is 11.2. The smallest absolute Gasteiger partial charge is 0.170 e. The van der Waals surface area contributed by atoms with Crippen LogP contribution in [0.5, 0.6) is 0 Å². The Kier molecular flexibility index (Phi) is 3.88. The molecule has 0 aliphatic carbocycles. The zero-order valence-corrected chi connectivity index (χ0v) is 13.3. The number of carbonyl (C=O) groups is 1. The average molecular weight is 343 g/mol. The molecule has 0 amide bonds. The molecule has 0 spiro atoms. The second kappa shape index (κ2) is 5.82. The fourth-order valence-electron chi connectivity index (χ4n) is 2.58. The second-order valence-electron chi connectivity index (χ2n) is 5.03. The highest BCUT2D eigenvalue weighted by atomic mass is 79.9. The van der Waals surface area contributed by atoms with E-state index in [-0.39, 0.29) is 0 Å². The van der Waals surface area contributed by atoms with Crippen LogP contribution in [0.15, 0.2) is 47.1 Å². The summed E-state index contributed by atoms with van der Waals surface area (Å²) in [5.74, 6) is 0.914. The van der Waals surface area contributed by atoms with Gasteiger partial charge in [0, 0.05) is 17.1 Å². The molecule has 0 saturated heterocycles. The van der Waals surface area contributed by atoms with E-state index in [1.807, 2.05) is 28.8 Å². The third-order valence-corrected chi connectivity index (χ3v) is 4.35. The van der Waals surface area contributed by atoms with Crippen molar-refractivity contribution >= 4 is 27.7 Å². The van der Waals surface area contributed by atoms with Gasteiger partial charge in [-0.3, -0.25) is 4.79 Å². The molecule has 0 unspecified atom stereocenters. The molecule has 0 aliphatic heterocycles. The Morgan fingerprint density at radius 1 is 1.19 bits per heavy atom. The van der Waals surface area contributed by atoms with Crippen molar-refractivity contribution in [2.24, 2.45) is 0 Å². The Morgan fingerprint density at radius 3 is 2.76 bits per heavy atom. The highest BCUT2D eigenvalue weighted by Crippen LogP contribution is 2.22. The lowest BCUT2D eigenvalue weighted by Gasteiger charge is -2.05. The van der Waals surface area contributed by atoms with E-state index in [1.54, 1.807) is 0 Å². The lowest BCUT2D eigenvalue weighted by molar-refractivity contribution is 0.112. The normalized spacial score (nSPS) is 11.0. The number of halogens is 1. The molecule has 0 N–H and O–H groups in total. The standard InChI is InChI=1S/C17H15BrN2O/c1-12-5-2-3-6-13(12)8-9-16-19-15(11-21)17-14(18)7-4-10-20(16)17/h2-7,10-11H,8-9H2,1H3. The van der Waals surface area contributed by atoms with Gasteiger partial charge in [-0.05, 0) is 52.5 Å². The van der Waals surface area contributed by atoms with Crippen molar-refractivity contribution in [1.29, 1.82) is 0 Å². The van der Waals surface area contributed by atoms with E-state index < -0.39 is 0 Å². The monoisotopic (exact) mass is 342 g/mol. The van der Waals surface area contributed by atoms with Crippen LogP contribution in [-0.2, 0) is 12.8 Å². The molecule has 2 aromatic heterocycles. The van der Waals surface area contributed by atoms with Gasteiger partial charge in [0.25, 0.3) is 0 Å². The van der Waals surface area contributed by atoms with Crippen LogP contribution in [0.2, 0.25) is 0 Å². The van der Waals surface area contributed by atoms with Crippen LogP contribution < -0.4 is 0 Å². The van der Waals surface area contributed by atoms with Crippen LogP contribution in [0, 0.1) is 6.92 Å². The molecule has 0 aliphatic rings. The average Bonchev–Trinajstić information content (AvgIpc) is 2.86. The second-order valence-corrected chi connectivity index (χ2v) is 5.89. The van der Waals surface area contributed by atoms with Crippen molar-refractivity contribution in [1.82, 2.24) is 9.38 Å². The van der Waals surface area contributed by atoms with Crippen molar-refractivity contribution in [2.75, 3.05) is 0 Å². The van der Waals surface area contributed by atoms with E-state index >= 15 is 0 Å². The summed E-state index contributed by atoms with van der Waals surface area (Å²) in [6, 6.07) is 12.2. The van der Waals surface area contributed by atoms with Crippen molar-refractivity contribution in [3.05, 3.63) is 69.7 Å². The summed E-state index contributed by atoms with van der Waals surface area (Å²) in [6.45, 7) is 2.12. The number of hydrogen-bond acceptors (Lipinski definition) is 2. The van der Waals surface area contributed by atoms with Gasteiger partial charge in [0.2, 0.25) is 0 Å². The van der Waals surface area contributed by atoms with Crippen LogP contribution in [0.4, 0.5) is 0 Å². The molecule has 0 radical (unpaired) electrons. The molecule has 0 fully saturated rings. The minimum Gasteiger partial charge on any atom is -0.302 e. The van der Waals surface area contributed by atoms with Crippen molar-refractivity contribution < 1.29 is 4.79 Å². The van der Waals surface area contributed by atoms with Crippen molar-refractivity contribution in [3.8, 4) is 0 Å². The van der Waals surface area contributed by atoms with E-state index in [0.717, 1.165) is 34.9 Å². The molecular formula is C17H15BrN2O. The molecule has 3 rings (SSSR count). The number of benzene rings is 1. The summed E-state index contributed by atoms with van der Waals surface area (Å²) in [7, 11) is 0. The zero-order chi connectivity index (χ0) is 14.8. The molecule has 4 heteroatoms. The summed E-state index contributed by atoms with van der Waals surface area (Å²) >= 11 is 3.49. The predicted octanol–water partition coefficient (Wildman–Crippen LogP) is 4.00. The van der Waals surface area contributed by atoms with Gasteiger partial charge in [-0.15, -0.1) is 0 Å². The van der Waals surface area contributed by atoms with Gasteiger partial charge in [0.15, 0.2) is 6.29 Å². The van der Waals surface area contributed by atoms with E-state index in [1.165, 1.54) is 11.1 Å². The summed E-state index contributed by atoms with van der Waals surface area (Å²) < 4.78 is 2.88. The Hall–Kier alpha value is -1.94. The van der Waals surface area contributed by atoms with Crippen molar-refractivity contribution in [2.45, 2.75) is 19.8 Å². The highest BCUT2D eigenvalue weighted by molar-refractivity contribution is 9.10. The lowest BCUT2D eigenvalue weighted by Crippen LogP contribution is -1.99. The van der Waals surface area contributed by atoms with Crippen LogP contribution in [0.1, 0.15) is 27.4 Å². The predicted molar refractivity (Wildman–Crippen MR) is 86.9 cm³/mol. The van der Waals surface area contributed by atoms with Crippen LogP contribution in [-0.4, -0.2) is 15.7 Å². The minimum atomic E-state index is 0.488. The van der Waals surface area contributed by atoms with Crippen LogP contribution >= 0.6 is 15.9 Å². The van der Waals surface area contributed by atoms with Gasteiger partial charge >= 0.3 is 0 Å². The van der Waals surface area contributed by atoms with Crippen LogP contribution in [0.3, 0.4) is 0 Å². The lowest BCUT2D eigenvalue weighted by atomic mass is 10.0. The van der Waals surface area contributed by atoms with E-state index in [4.69, 9.17) is 0 Å². The Balaban J connectivity index is 1.96. The first kappa shape index (κ1) is 14.0. The molecule has 3 nitrogen and oxygen atoms in total. The summed E-state index contributed by atoms with van der Waals surface area (Å²) in [6.07, 6.45) is 4.48. The topological polar surface area (TPSA) is 34.4 Å². The number of aryl methyl sites for hydroxylation is 3. The third kappa shape index (κ3) is 2.63. The third-order valence-electron chi connectivity index (χ3n) is 3.71. The van der Waals surface area contributed by atoms with E-state index in [9.17, 15) is 4.79 Å². The first-order valence-electron chi connectivity index (χ1n) is 6.86. The molecule has 0 atom stereocenters. The first-order valence-corrected chi connectivity index (χ1v) is 7.65. The number of rotatable bonds is 4. The highest BCUT2D eigenvalue weighted by Gasteiger charge is 2.13. The van der Waals surface area contributed by atoms with Crippen LogP contribution in [0.25, 0.3) is 5.52 Å². The molecule has 106 valence electrons. The maximum Gasteiger partial charge on any atom is 0.170 e. The Bertz CT molecular complexity index is 808. The van der Waals surface area contributed by atoms with Gasteiger partial charge < -0.3 is 4.40 Å². The number of hydrogen-bond donors (Lipinski definition) is 0. The molecule has 0 bridgehead atoms. The molecular weight excluding hydrogens is 328 g/mol. The van der Waals surface area contributed by atoms with E-state index in [2.05, 4.69) is 46.0 Å². The SMILES string of the molecule is Cc1ccccc1CCc1nc(C=O)c2c(Br)cccn12. The minimum absolute atomic E-state index is 0.488. The number of imidazole rings is 1. The van der Waals surface area contributed by atoms with Gasteiger partial charge in [-0.2, -0.15) is 0 Å². The summed E-state index contributed by atoms with van der Waals surface area (Å²) in [5, 5.41) is 0. The summed E-state index contributed by atoms with van der Waals surface area (Å²) in [4.78, 5) is 15.7. The first-order chi connectivity index (χ1) is 10.2. The van der Waals surface area contributed by atoms with Crippen molar-refractivity contribution in [3.63, 3.8) is 0 Å². The van der Waals surface area contributed by atoms with Gasteiger partial charge in [0.1, 0.15) is 11.5 Å².